The summed E-state index contributed by atoms with van der Waals surface area (Å²) in [5.41, 5.74) is 15.7. The maximum atomic E-state index is 5.01. The highest BCUT2D eigenvalue weighted by molar-refractivity contribution is 7.99. The first kappa shape index (κ1) is 34.8. The van der Waals surface area contributed by atoms with Crippen molar-refractivity contribution in [3.63, 3.8) is 0 Å². The first-order chi connectivity index (χ1) is 29.2. The monoisotopic (exact) mass is 770 g/mol. The minimum atomic E-state index is 0.636. The van der Waals surface area contributed by atoms with Crippen LogP contribution in [-0.4, -0.2) is 19.9 Å². The van der Waals surface area contributed by atoms with E-state index in [-0.39, 0.29) is 0 Å². The Morgan fingerprint density at radius 2 is 0.712 bits per heavy atom. The van der Waals surface area contributed by atoms with Gasteiger partial charge in [-0.1, -0.05) is 169 Å². The summed E-state index contributed by atoms with van der Waals surface area (Å²) in [5, 5.41) is 1.24. The fourth-order valence-corrected chi connectivity index (χ4v) is 9.09. The van der Waals surface area contributed by atoms with Gasteiger partial charge in [-0.25, -0.2) is 15.0 Å². The van der Waals surface area contributed by atoms with Crippen LogP contribution in [0.2, 0.25) is 0 Å². The maximum Gasteiger partial charge on any atom is 0.164 e. The molecule has 59 heavy (non-hydrogen) atoms. The number of benzene rings is 8. The number of nitrogens with zero attached hydrogens (tertiary/aromatic N) is 4. The van der Waals surface area contributed by atoms with Gasteiger partial charge in [-0.15, -0.1) is 0 Å². The van der Waals surface area contributed by atoms with Gasteiger partial charge in [0.05, 0.1) is 5.52 Å². The Kier molecular flexibility index (Phi) is 8.72. The van der Waals surface area contributed by atoms with Gasteiger partial charge in [-0.2, -0.15) is 0 Å². The van der Waals surface area contributed by atoms with Crippen LogP contribution in [0.4, 0.5) is 0 Å². The van der Waals surface area contributed by atoms with Gasteiger partial charge in [0.25, 0.3) is 0 Å². The van der Waals surface area contributed by atoms with Crippen molar-refractivity contribution >= 4 is 22.7 Å². The predicted octanol–water partition coefficient (Wildman–Crippen LogP) is 14.2. The van der Waals surface area contributed by atoms with E-state index in [1.807, 2.05) is 54.4 Å². The summed E-state index contributed by atoms with van der Waals surface area (Å²) in [4.78, 5) is 22.1. The molecule has 0 saturated heterocycles. The number of aromatic nitrogens is 4. The lowest BCUT2D eigenvalue weighted by molar-refractivity contribution is 1.07. The standard InChI is InChI=1S/C54H34N4S/c1-3-10-35(11-4-1)36-20-24-39(25-21-36)53-56-52(38-12-5-2-6-13-38)57-54(58-53)40-26-22-37(23-27-40)41-14-7-15-42(32-41)43-16-8-17-44(33-43)45-28-29-49-47(34-45)46-30-31-55-48-18-9-19-50(59-49)51(46)48/h1-34H. The van der Waals surface area contributed by atoms with E-state index < -0.39 is 0 Å². The number of hydrogen-bond donors (Lipinski definition) is 0. The lowest BCUT2D eigenvalue weighted by Gasteiger charge is -2.20. The van der Waals surface area contributed by atoms with Crippen LogP contribution < -0.4 is 0 Å². The molecule has 276 valence electrons. The molecule has 0 N–H and O–H groups in total. The zero-order valence-electron chi connectivity index (χ0n) is 31.8. The van der Waals surface area contributed by atoms with Gasteiger partial charge in [0.15, 0.2) is 17.5 Å². The average Bonchev–Trinajstić information content (AvgIpc) is 3.32. The topological polar surface area (TPSA) is 51.6 Å². The van der Waals surface area contributed by atoms with Crippen molar-refractivity contribution in [3.05, 3.63) is 206 Å². The molecule has 4 nitrogen and oxygen atoms in total. The molecule has 0 atom stereocenters. The van der Waals surface area contributed by atoms with Gasteiger partial charge in [0, 0.05) is 38.1 Å². The summed E-state index contributed by atoms with van der Waals surface area (Å²) in [5.74, 6) is 1.92. The smallest absolute Gasteiger partial charge is 0.164 e. The molecule has 0 radical (unpaired) electrons. The SMILES string of the molecule is c1ccc(-c2ccc(-c3nc(-c4ccccc4)nc(-c4ccc(-c5cccc(-c6cccc(-c7ccc8c(c7)-c7ccnc9cccc(c79)S8)c6)c5)cc4)n3)cc2)cc1. The van der Waals surface area contributed by atoms with Crippen LogP contribution in [-0.2, 0) is 0 Å². The molecule has 0 saturated carbocycles. The summed E-state index contributed by atoms with van der Waals surface area (Å²) >= 11 is 1.83. The van der Waals surface area contributed by atoms with Crippen LogP contribution >= 0.6 is 11.8 Å². The van der Waals surface area contributed by atoms with E-state index in [4.69, 9.17) is 15.0 Å². The molecule has 1 aliphatic rings. The first-order valence-electron chi connectivity index (χ1n) is 19.7. The molecule has 0 amide bonds. The highest BCUT2D eigenvalue weighted by Crippen LogP contribution is 2.48. The van der Waals surface area contributed by atoms with Crippen molar-refractivity contribution in [2.45, 2.75) is 9.79 Å². The third kappa shape index (κ3) is 6.67. The molecule has 5 heteroatoms. The zero-order chi connectivity index (χ0) is 39.1. The first-order valence-corrected chi connectivity index (χ1v) is 20.5. The number of rotatable bonds is 7. The summed E-state index contributed by atoms with van der Waals surface area (Å²) in [6.07, 6.45) is 1.92. The lowest BCUT2D eigenvalue weighted by atomic mass is 9.94. The quantitative estimate of drug-likeness (QED) is 0.162. The molecule has 8 aromatic carbocycles. The minimum Gasteiger partial charge on any atom is -0.256 e. The van der Waals surface area contributed by atoms with Gasteiger partial charge >= 0.3 is 0 Å². The molecule has 0 aliphatic carbocycles. The maximum absolute atomic E-state index is 5.01. The Hall–Kier alpha value is -7.47. The van der Waals surface area contributed by atoms with E-state index in [1.54, 1.807) is 0 Å². The van der Waals surface area contributed by atoms with E-state index >= 15 is 0 Å². The molecular weight excluding hydrogens is 737 g/mol. The molecule has 3 heterocycles. The second kappa shape index (κ2) is 14.8. The Bertz CT molecular complexity index is 3160. The van der Waals surface area contributed by atoms with E-state index in [0.717, 1.165) is 38.9 Å². The van der Waals surface area contributed by atoms with Gasteiger partial charge in [-0.05, 0) is 98.1 Å². The molecular formula is C54H34N4S. The van der Waals surface area contributed by atoms with Crippen LogP contribution in [0.1, 0.15) is 0 Å². The zero-order valence-corrected chi connectivity index (χ0v) is 32.6. The normalized spacial score (nSPS) is 11.7. The van der Waals surface area contributed by atoms with E-state index in [9.17, 15) is 0 Å². The van der Waals surface area contributed by atoms with Crippen LogP contribution in [0.25, 0.3) is 101 Å². The largest absolute Gasteiger partial charge is 0.256 e. The van der Waals surface area contributed by atoms with Crippen molar-refractivity contribution < 1.29 is 0 Å². The van der Waals surface area contributed by atoms with Crippen molar-refractivity contribution in [2.75, 3.05) is 0 Å². The summed E-state index contributed by atoms with van der Waals surface area (Å²) in [6, 6.07) is 70.5. The Labute approximate surface area is 347 Å². The lowest BCUT2D eigenvalue weighted by Crippen LogP contribution is -2.00. The third-order valence-electron chi connectivity index (χ3n) is 11.0. The number of hydrogen-bond acceptors (Lipinski definition) is 5. The second-order valence-corrected chi connectivity index (χ2v) is 15.8. The third-order valence-corrected chi connectivity index (χ3v) is 12.1. The van der Waals surface area contributed by atoms with Crippen molar-refractivity contribution in [1.82, 2.24) is 19.9 Å². The Morgan fingerprint density at radius 3 is 1.31 bits per heavy atom. The fraction of sp³-hybridized carbons (Fsp3) is 0. The molecule has 0 bridgehead atoms. The summed E-state index contributed by atoms with van der Waals surface area (Å²) in [7, 11) is 0. The highest BCUT2D eigenvalue weighted by atomic mass is 32.2. The second-order valence-electron chi connectivity index (χ2n) is 14.7. The van der Waals surface area contributed by atoms with Gasteiger partial charge < -0.3 is 0 Å². The van der Waals surface area contributed by atoms with Gasteiger partial charge in [-0.3, -0.25) is 4.98 Å². The van der Waals surface area contributed by atoms with E-state index in [2.05, 4.69) is 169 Å². The Morgan fingerprint density at radius 1 is 0.288 bits per heavy atom. The molecule has 2 aromatic heterocycles. The molecule has 1 aliphatic heterocycles. The number of pyridine rings is 1. The fourth-order valence-electron chi connectivity index (χ4n) is 7.97. The summed E-state index contributed by atoms with van der Waals surface area (Å²) in [6.45, 7) is 0. The average molecular weight is 771 g/mol. The van der Waals surface area contributed by atoms with Gasteiger partial charge in [0.2, 0.25) is 0 Å². The van der Waals surface area contributed by atoms with Crippen LogP contribution in [0.5, 0.6) is 0 Å². The highest BCUT2D eigenvalue weighted by Gasteiger charge is 2.20. The Balaban J connectivity index is 0.893. The van der Waals surface area contributed by atoms with Crippen LogP contribution in [0, 0.1) is 0 Å². The predicted molar refractivity (Wildman–Crippen MR) is 243 cm³/mol. The van der Waals surface area contributed by atoms with Crippen molar-refractivity contribution in [1.29, 1.82) is 0 Å². The van der Waals surface area contributed by atoms with Crippen molar-refractivity contribution in [2.24, 2.45) is 0 Å². The molecule has 0 fully saturated rings. The molecule has 11 rings (SSSR count). The van der Waals surface area contributed by atoms with E-state index in [0.29, 0.717) is 17.5 Å². The molecule has 10 aromatic rings. The van der Waals surface area contributed by atoms with Crippen LogP contribution in [0.3, 0.4) is 0 Å². The van der Waals surface area contributed by atoms with Crippen molar-refractivity contribution in [3.8, 4) is 89.8 Å². The van der Waals surface area contributed by atoms with E-state index in [1.165, 1.54) is 54.1 Å². The molecule has 0 spiro atoms. The minimum absolute atomic E-state index is 0.636. The van der Waals surface area contributed by atoms with Crippen LogP contribution in [0.15, 0.2) is 216 Å². The number of fused-ring (bicyclic) bond motifs is 2. The molecule has 0 unspecified atom stereocenters. The summed E-state index contributed by atoms with van der Waals surface area (Å²) < 4.78 is 0. The van der Waals surface area contributed by atoms with Gasteiger partial charge in [0.1, 0.15) is 0 Å².